The van der Waals surface area contributed by atoms with Crippen LogP contribution in [0.15, 0.2) is 152 Å². The molecule has 0 unspecified atom stereocenters. The number of nitrogens with zero attached hydrogens (tertiary/aromatic N) is 14. The van der Waals surface area contributed by atoms with Gasteiger partial charge in [0.2, 0.25) is 22.1 Å². The van der Waals surface area contributed by atoms with Crippen LogP contribution < -0.4 is 28.7 Å². The molecule has 2 amide bonds. The van der Waals surface area contributed by atoms with E-state index >= 15 is 0 Å². The Bertz CT molecular complexity index is 5360. The van der Waals surface area contributed by atoms with Gasteiger partial charge in [0.15, 0.2) is 0 Å². The third kappa shape index (κ3) is 24.8. The van der Waals surface area contributed by atoms with Gasteiger partial charge in [-0.2, -0.15) is 9.98 Å². The van der Waals surface area contributed by atoms with E-state index in [-0.39, 0.29) is 95.3 Å². The summed E-state index contributed by atoms with van der Waals surface area (Å²) in [5.74, 6) is 0.569. The SMILES string of the molecule is C=C.CC(=O)NS(=O)(=O)c1ccc(CC(=S)N2CCN(c3ncnc4[nH][c-]c(C)c34)CC2)cc1.CC(=O)NS(=O)(=O)c1ccc(N=C=S)cc1.CCc1nnc(NS(=O)(=O)c2ccc(CC(=S)N3CCN(c4ncnc5[nH][c-]c(C)c45)CC3)cc2)s1.CCc1nnc(NS(=O)(=O)c2ccc(N=C=S)cc2)s1.[Y].[Y]. The van der Waals surface area contributed by atoms with Crippen molar-refractivity contribution in [3.05, 3.63) is 168 Å². The summed E-state index contributed by atoms with van der Waals surface area (Å²) in [4.78, 5) is 63.7. The van der Waals surface area contributed by atoms with Crippen molar-refractivity contribution in [1.82, 2.24) is 69.5 Å². The Balaban J connectivity index is 0.000000232. The van der Waals surface area contributed by atoms with E-state index in [9.17, 15) is 43.3 Å². The van der Waals surface area contributed by atoms with E-state index in [0.29, 0.717) is 37.1 Å². The van der Waals surface area contributed by atoms with Crippen LogP contribution >= 0.6 is 71.5 Å². The molecule has 2 fully saturated rings. The molecule has 562 valence electrons. The number of fused-ring (bicyclic) bond motifs is 2. The van der Waals surface area contributed by atoms with E-state index in [4.69, 9.17) is 24.4 Å². The van der Waals surface area contributed by atoms with Gasteiger partial charge in [0.1, 0.15) is 22.7 Å². The molecule has 6 N–H and O–H groups in total. The molecule has 4 aromatic carbocycles. The van der Waals surface area contributed by atoms with E-state index in [1.54, 1.807) is 61.2 Å². The first-order valence-corrected chi connectivity index (χ1v) is 41.1. The number of nitrogens with one attached hydrogen (secondary N) is 6. The molecule has 2 radical (unpaired) electrons. The summed E-state index contributed by atoms with van der Waals surface area (Å²) in [7, 11) is -15.0. The maximum absolute atomic E-state index is 12.7. The Labute approximate surface area is 705 Å². The minimum Gasteiger partial charge on any atom is -0.462 e. The van der Waals surface area contributed by atoms with Crippen molar-refractivity contribution >= 4 is 199 Å². The average molecular weight is 1800 g/mol. The third-order valence-electron chi connectivity index (χ3n) is 15.4. The fourth-order valence-corrected chi connectivity index (χ4v) is 17.0. The first-order valence-electron chi connectivity index (χ1n) is 31.9. The van der Waals surface area contributed by atoms with E-state index in [0.717, 1.165) is 142 Å². The number of amides is 2. The van der Waals surface area contributed by atoms with Crippen LogP contribution in [0.5, 0.6) is 0 Å². The normalized spacial score (nSPS) is 12.7. The molecule has 12 rings (SSSR count). The van der Waals surface area contributed by atoms with Crippen LogP contribution in [0.25, 0.3) is 22.1 Å². The first kappa shape index (κ1) is 89.4. The number of aliphatic imine (C=N–C) groups is 2. The zero-order chi connectivity index (χ0) is 76.9. The van der Waals surface area contributed by atoms with Crippen molar-refractivity contribution in [2.75, 3.05) is 71.6 Å². The summed E-state index contributed by atoms with van der Waals surface area (Å²) in [5.41, 5.74) is 6.50. The zero-order valence-corrected chi connectivity index (χ0v) is 72.7. The van der Waals surface area contributed by atoms with E-state index in [1.165, 1.54) is 71.2 Å². The smallest absolute Gasteiger partial charge is 0.264 e. The number of isothiocyanates is 2. The zero-order valence-electron chi connectivity index (χ0n) is 58.9. The molecule has 0 atom stereocenters. The molecule has 6 aromatic heterocycles. The van der Waals surface area contributed by atoms with Crippen LogP contribution in [0, 0.1) is 26.2 Å². The second-order valence-corrected chi connectivity index (χ2v) is 32.8. The second-order valence-electron chi connectivity index (χ2n) is 22.6. The van der Waals surface area contributed by atoms with Crippen LogP contribution in [0.4, 0.5) is 33.3 Å². The maximum Gasteiger partial charge on any atom is 0.264 e. The minimum atomic E-state index is -3.84. The number of anilines is 4. The molecule has 30 nitrogen and oxygen atoms in total. The van der Waals surface area contributed by atoms with Gasteiger partial charge >= 0.3 is 0 Å². The summed E-state index contributed by atoms with van der Waals surface area (Å²) in [6, 6.07) is 24.8. The number of piperazine rings is 2. The number of sulfonamides is 4. The van der Waals surface area contributed by atoms with Crippen LogP contribution in [0.1, 0.15) is 60.0 Å². The number of aromatic amines is 2. The van der Waals surface area contributed by atoms with Crippen molar-refractivity contribution in [1.29, 1.82) is 0 Å². The van der Waals surface area contributed by atoms with Gasteiger partial charge in [-0.3, -0.25) is 29.0 Å². The number of thiocarbonyl (C=S) groups is 4. The van der Waals surface area contributed by atoms with Crippen LogP contribution in [0.3, 0.4) is 0 Å². The molecule has 0 bridgehead atoms. The molecule has 108 heavy (non-hydrogen) atoms. The summed E-state index contributed by atoms with van der Waals surface area (Å²) in [6.45, 7) is 22.4. The van der Waals surface area contributed by atoms with Crippen LogP contribution in [-0.2, 0) is 141 Å². The van der Waals surface area contributed by atoms with Crippen LogP contribution in [0.2, 0.25) is 0 Å². The summed E-state index contributed by atoms with van der Waals surface area (Å²) in [6.07, 6.45) is 11.9. The Morgan fingerprint density at radius 2 is 0.824 bits per heavy atom. The average Bonchev–Trinajstić information content (AvgIpc) is 1.61. The number of H-pyrrole nitrogens is 2. The van der Waals surface area contributed by atoms with E-state index in [2.05, 4.69) is 150 Å². The Morgan fingerprint density at radius 1 is 0.509 bits per heavy atom. The van der Waals surface area contributed by atoms with Gasteiger partial charge in [0.25, 0.3) is 40.1 Å². The van der Waals surface area contributed by atoms with E-state index in [1.807, 2.05) is 37.1 Å². The molecule has 10 aromatic rings. The standard InChI is InChI=1S/C23H25N8O2S3.C21H23N6O3S2.C11H10N4O2S3.C9H8N2O3S2.C2H4.2Y/c1-3-18-27-28-23(35-18)29-36(32,33)17-6-4-16(5-7-17)12-19(34)30-8-10-31(11-9-30)22-20-15(2)13-24-21(20)25-14-26-22;1-14-12-22-20-19(14)21(24-13-23-20)27-9-7-26(8-10-27)18(31)11-16-3-5-17(6-4-16)32(29,30)25-15(2)28;1-2-10-13-14-11(19-10)15-20(16,17)9-5-3-8(4-6-9)12-7-18;1-7(12)11-16(13,14)9-4-2-8(3-5-9)10-6-15;1-2;;/h4-7,14H,3,8-12H2,1-2H3,(H,28,29)(H,24,25,26);3-6,13H,7-11H2,1-2H3,(H,25,28)(H,22,23,24);3-6H,2H2,1H3,(H,14,15);2-5H,1H3,(H,11,12);1-2H2;;/q2*-1;;;;;. The van der Waals surface area contributed by atoms with Gasteiger partial charge in [0.05, 0.1) is 62.9 Å². The second kappa shape index (κ2) is 41.5. The molecule has 2 aliphatic heterocycles. The minimum absolute atomic E-state index is 0. The number of hydrogen-bond donors (Lipinski definition) is 6. The van der Waals surface area contributed by atoms with Crippen molar-refractivity contribution in [3.63, 3.8) is 0 Å². The Morgan fingerprint density at radius 3 is 1.12 bits per heavy atom. The number of rotatable bonds is 20. The van der Waals surface area contributed by atoms with Crippen molar-refractivity contribution in [3.8, 4) is 0 Å². The number of benzene rings is 4. The molecule has 8 heterocycles. The fourth-order valence-electron chi connectivity index (χ4n) is 10.2. The number of hydrogen-bond acceptors (Lipinski definition) is 28. The maximum atomic E-state index is 12.7. The summed E-state index contributed by atoms with van der Waals surface area (Å²) >= 11 is 22.7. The molecule has 0 spiro atoms. The molecule has 2 saturated heterocycles. The monoisotopic (exact) mass is 1800 g/mol. The summed E-state index contributed by atoms with van der Waals surface area (Å²) < 4.78 is 106. The number of carbonyl (C=O) groups is 2. The first-order chi connectivity index (χ1) is 50.6. The van der Waals surface area contributed by atoms with Gasteiger partial charge < -0.3 is 29.6 Å². The third-order valence-corrected chi connectivity index (χ3v) is 24.2. The van der Waals surface area contributed by atoms with Crippen LogP contribution in [-0.4, -0.2) is 178 Å². The molecule has 0 aliphatic carbocycles. The van der Waals surface area contributed by atoms with Gasteiger partial charge in [-0.1, -0.05) is 110 Å². The molecular formula is C66H70N20O10S10Y2-2. The molecule has 42 heteroatoms. The number of aryl methyl sites for hydroxylation is 4. The van der Waals surface area contributed by atoms with Crippen molar-refractivity contribution in [2.45, 2.75) is 86.8 Å². The topological polar surface area (TPSA) is 391 Å². The van der Waals surface area contributed by atoms with Gasteiger partial charge in [0, 0.05) is 144 Å². The van der Waals surface area contributed by atoms with Gasteiger partial charge in [-0.25, -0.2) is 53.1 Å². The fraction of sp³-hybridized carbons (Fsp3) is 0.273. The molecular weight excluding hydrogens is 1730 g/mol. The van der Waals surface area contributed by atoms with Gasteiger partial charge in [-0.05, 0) is 132 Å². The van der Waals surface area contributed by atoms with Gasteiger partial charge in [-0.15, -0.1) is 57.1 Å². The quantitative estimate of drug-likeness (QED) is 0.0179. The molecule has 2 aliphatic rings. The number of carbonyl (C=O) groups excluding carboxylic acids is 2. The Kier molecular flexibility index (Phi) is 34.4. The predicted octanol–water partition coefficient (Wildman–Crippen LogP) is 9.24. The van der Waals surface area contributed by atoms with Crippen molar-refractivity contribution in [2.24, 2.45) is 9.98 Å². The largest absolute Gasteiger partial charge is 0.462 e. The summed E-state index contributed by atoms with van der Waals surface area (Å²) in [5, 5.41) is 23.9. The van der Waals surface area contributed by atoms with E-state index < -0.39 is 51.9 Å². The predicted molar refractivity (Wildman–Crippen MR) is 424 cm³/mol. The van der Waals surface area contributed by atoms with Crippen molar-refractivity contribution < 1.29 is 109 Å². The molecule has 0 saturated carbocycles. The number of aromatic nitrogens is 10. The Hall–Kier alpha value is -7.49.